The molecule has 0 spiro atoms. The molecule has 0 aliphatic rings. The smallest absolute Gasteiger partial charge is 0.194 e. The van der Waals surface area contributed by atoms with Crippen LogP contribution in [-0.2, 0) is 13.5 Å². The maximum Gasteiger partial charge on any atom is 0.194 e. The summed E-state index contributed by atoms with van der Waals surface area (Å²) in [7, 11) is 1.68. The maximum atomic E-state index is 13.1. The summed E-state index contributed by atoms with van der Waals surface area (Å²) < 4.78 is 40.4. The molecule has 2 N–H and O–H groups in total. The van der Waals surface area contributed by atoms with E-state index in [0.29, 0.717) is 5.82 Å². The minimum atomic E-state index is -1.50. The zero-order chi connectivity index (χ0) is 13.3. The lowest BCUT2D eigenvalue weighted by atomic mass is 10.0. The lowest BCUT2D eigenvalue weighted by Crippen LogP contribution is -2.17. The zero-order valence-electron chi connectivity index (χ0n) is 9.57. The number of hydrogen-bond donors (Lipinski definition) is 1. The third kappa shape index (κ3) is 2.35. The number of rotatable bonds is 3. The van der Waals surface area contributed by atoms with Gasteiger partial charge in [-0.25, -0.2) is 18.2 Å². The topological polar surface area (TPSA) is 56.7 Å². The molecule has 18 heavy (non-hydrogen) atoms. The van der Waals surface area contributed by atoms with Gasteiger partial charge in [0, 0.05) is 19.5 Å². The summed E-state index contributed by atoms with van der Waals surface area (Å²) in [5.74, 6) is -3.42. The first kappa shape index (κ1) is 12.6. The number of nitrogens with zero attached hydrogens (tertiary/aromatic N) is 3. The molecule has 0 saturated carbocycles. The molecule has 2 aromatic rings. The maximum absolute atomic E-state index is 13.1. The first-order chi connectivity index (χ1) is 8.49. The molecule has 1 unspecified atom stereocenters. The predicted molar refractivity (Wildman–Crippen MR) is 58.0 cm³/mol. The Hall–Kier alpha value is -1.89. The van der Waals surface area contributed by atoms with E-state index in [9.17, 15) is 13.2 Å². The molecule has 0 aliphatic carbocycles. The Morgan fingerprint density at radius 1 is 1.28 bits per heavy atom. The zero-order valence-corrected chi connectivity index (χ0v) is 9.57. The minimum Gasteiger partial charge on any atom is -0.324 e. The first-order valence-electron chi connectivity index (χ1n) is 5.22. The fraction of sp³-hybridized carbons (Fsp3) is 0.273. The van der Waals surface area contributed by atoms with E-state index in [2.05, 4.69) is 10.1 Å². The minimum absolute atomic E-state index is 0.175. The van der Waals surface area contributed by atoms with Crippen LogP contribution >= 0.6 is 0 Å². The van der Waals surface area contributed by atoms with Gasteiger partial charge in [0.05, 0.1) is 0 Å². The molecule has 0 saturated heterocycles. The van der Waals surface area contributed by atoms with Crippen LogP contribution in [0.25, 0.3) is 0 Å². The molecular formula is C11H11F3N4. The summed E-state index contributed by atoms with van der Waals surface area (Å²) >= 11 is 0. The van der Waals surface area contributed by atoms with Crippen molar-refractivity contribution in [1.29, 1.82) is 0 Å². The molecule has 1 heterocycles. The molecule has 96 valence electrons. The SMILES string of the molecule is Cn1ncnc1CC(N)c1cc(F)c(F)c(F)c1. The van der Waals surface area contributed by atoms with Gasteiger partial charge in [-0.2, -0.15) is 5.10 Å². The van der Waals surface area contributed by atoms with E-state index in [1.807, 2.05) is 0 Å². The summed E-state index contributed by atoms with van der Waals surface area (Å²) in [5.41, 5.74) is 5.98. The van der Waals surface area contributed by atoms with Gasteiger partial charge < -0.3 is 5.73 Å². The third-order valence-corrected chi connectivity index (χ3v) is 2.64. The second-order valence-electron chi connectivity index (χ2n) is 3.91. The summed E-state index contributed by atoms with van der Waals surface area (Å²) in [4.78, 5) is 3.95. The number of hydrogen-bond acceptors (Lipinski definition) is 3. The summed E-state index contributed by atoms with van der Waals surface area (Å²) in [6, 6.07) is 1.09. The predicted octanol–water partition coefficient (Wildman–Crippen LogP) is 1.47. The largest absolute Gasteiger partial charge is 0.324 e. The van der Waals surface area contributed by atoms with E-state index in [-0.39, 0.29) is 12.0 Å². The van der Waals surface area contributed by atoms with Gasteiger partial charge in [0.25, 0.3) is 0 Å². The molecule has 0 bridgehead atoms. The molecule has 0 amide bonds. The summed E-state index contributed by atoms with van der Waals surface area (Å²) in [6.07, 6.45) is 1.61. The molecule has 4 nitrogen and oxygen atoms in total. The van der Waals surface area contributed by atoms with Crippen LogP contribution in [0.15, 0.2) is 18.5 Å². The standard InChI is InChI=1S/C11H11F3N4/c1-18-10(16-5-17-18)4-9(15)6-2-7(12)11(14)8(13)3-6/h2-3,5,9H,4,15H2,1H3. The van der Waals surface area contributed by atoms with Crippen molar-refractivity contribution in [3.05, 3.63) is 47.3 Å². The molecule has 0 radical (unpaired) electrons. The Morgan fingerprint density at radius 2 is 1.89 bits per heavy atom. The van der Waals surface area contributed by atoms with Gasteiger partial charge in [-0.1, -0.05) is 0 Å². The molecule has 0 fully saturated rings. The van der Waals surface area contributed by atoms with E-state index in [0.717, 1.165) is 12.1 Å². The molecule has 7 heteroatoms. The van der Waals surface area contributed by atoms with Crippen LogP contribution < -0.4 is 5.73 Å². The van der Waals surface area contributed by atoms with Gasteiger partial charge in [-0.3, -0.25) is 4.68 Å². The molecular weight excluding hydrogens is 245 g/mol. The van der Waals surface area contributed by atoms with Crippen LogP contribution in [0.5, 0.6) is 0 Å². The van der Waals surface area contributed by atoms with Crippen molar-refractivity contribution >= 4 is 0 Å². The lowest BCUT2D eigenvalue weighted by molar-refractivity contribution is 0.443. The van der Waals surface area contributed by atoms with E-state index < -0.39 is 23.5 Å². The highest BCUT2D eigenvalue weighted by atomic mass is 19.2. The van der Waals surface area contributed by atoms with E-state index >= 15 is 0 Å². The van der Waals surface area contributed by atoms with E-state index in [4.69, 9.17) is 5.73 Å². The fourth-order valence-corrected chi connectivity index (χ4v) is 1.61. The average Bonchev–Trinajstić information content (AvgIpc) is 2.71. The molecule has 1 aromatic heterocycles. The summed E-state index contributed by atoms with van der Waals surface area (Å²) in [6.45, 7) is 0. The highest BCUT2D eigenvalue weighted by Crippen LogP contribution is 2.20. The van der Waals surface area contributed by atoms with E-state index in [1.54, 1.807) is 7.05 Å². The van der Waals surface area contributed by atoms with Crippen LogP contribution in [0.4, 0.5) is 13.2 Å². The monoisotopic (exact) mass is 256 g/mol. The number of halogens is 3. The van der Waals surface area contributed by atoms with Crippen molar-refractivity contribution in [3.63, 3.8) is 0 Å². The van der Waals surface area contributed by atoms with Gasteiger partial charge in [-0.05, 0) is 17.7 Å². The van der Waals surface area contributed by atoms with Crippen LogP contribution in [0, 0.1) is 17.5 Å². The number of nitrogens with two attached hydrogens (primary N) is 1. The summed E-state index contributed by atoms with van der Waals surface area (Å²) in [5, 5.41) is 3.85. The van der Waals surface area contributed by atoms with Gasteiger partial charge in [0.2, 0.25) is 0 Å². The van der Waals surface area contributed by atoms with E-state index in [1.165, 1.54) is 11.0 Å². The normalized spacial score (nSPS) is 12.7. The van der Waals surface area contributed by atoms with Crippen LogP contribution in [-0.4, -0.2) is 14.8 Å². The Bertz CT molecular complexity index is 544. The Labute approximate surface area is 101 Å². The first-order valence-corrected chi connectivity index (χ1v) is 5.22. The van der Waals surface area contributed by atoms with Crippen molar-refractivity contribution in [2.24, 2.45) is 12.8 Å². The Balaban J connectivity index is 2.24. The van der Waals surface area contributed by atoms with Crippen molar-refractivity contribution in [2.75, 3.05) is 0 Å². The highest BCUT2D eigenvalue weighted by molar-refractivity contribution is 5.23. The van der Waals surface area contributed by atoms with Gasteiger partial charge in [-0.15, -0.1) is 0 Å². The van der Waals surface area contributed by atoms with Crippen LogP contribution in [0.1, 0.15) is 17.4 Å². The van der Waals surface area contributed by atoms with Crippen LogP contribution in [0.3, 0.4) is 0 Å². The van der Waals surface area contributed by atoms with Crippen molar-refractivity contribution in [2.45, 2.75) is 12.5 Å². The average molecular weight is 256 g/mol. The van der Waals surface area contributed by atoms with Gasteiger partial charge in [0.1, 0.15) is 12.2 Å². The molecule has 1 aromatic carbocycles. The number of aryl methyl sites for hydroxylation is 1. The Kier molecular flexibility index (Phi) is 3.33. The molecule has 0 aliphatic heterocycles. The quantitative estimate of drug-likeness (QED) is 0.846. The van der Waals surface area contributed by atoms with Crippen molar-refractivity contribution in [1.82, 2.24) is 14.8 Å². The Morgan fingerprint density at radius 3 is 2.39 bits per heavy atom. The van der Waals surface area contributed by atoms with Crippen molar-refractivity contribution < 1.29 is 13.2 Å². The number of aromatic nitrogens is 3. The molecule has 2 rings (SSSR count). The number of benzene rings is 1. The van der Waals surface area contributed by atoms with Crippen molar-refractivity contribution in [3.8, 4) is 0 Å². The molecule has 1 atom stereocenters. The van der Waals surface area contributed by atoms with Crippen LogP contribution in [0.2, 0.25) is 0 Å². The van der Waals surface area contributed by atoms with Gasteiger partial charge in [0.15, 0.2) is 17.5 Å². The van der Waals surface area contributed by atoms with Gasteiger partial charge >= 0.3 is 0 Å². The third-order valence-electron chi connectivity index (χ3n) is 2.64. The second kappa shape index (κ2) is 4.77. The highest BCUT2D eigenvalue weighted by Gasteiger charge is 2.16. The lowest BCUT2D eigenvalue weighted by Gasteiger charge is -2.12. The second-order valence-corrected chi connectivity index (χ2v) is 3.91. The fourth-order valence-electron chi connectivity index (χ4n) is 1.61.